The number of carbonyl (C=O) groups excluding carboxylic acids is 1. The maximum atomic E-state index is 12.7. The number of thiazole rings is 1. The Bertz CT molecular complexity index is 998. The van der Waals surface area contributed by atoms with Crippen LogP contribution >= 0.6 is 22.7 Å². The van der Waals surface area contributed by atoms with Crippen LogP contribution in [0.1, 0.15) is 21.7 Å². The number of hydrogen-bond acceptors (Lipinski definition) is 4. The van der Waals surface area contributed by atoms with E-state index in [2.05, 4.69) is 38.4 Å². The minimum Gasteiger partial charge on any atom is -0.331 e. The summed E-state index contributed by atoms with van der Waals surface area (Å²) < 4.78 is 3.18. The quantitative estimate of drug-likeness (QED) is 0.574. The molecule has 0 atom stereocenters. The minimum absolute atomic E-state index is 0.122. The van der Waals surface area contributed by atoms with E-state index in [9.17, 15) is 4.79 Å². The smallest absolute Gasteiger partial charge is 0.274 e. The van der Waals surface area contributed by atoms with Gasteiger partial charge in [0.15, 0.2) is 5.13 Å². The van der Waals surface area contributed by atoms with Gasteiger partial charge in [-0.25, -0.2) is 4.98 Å². The second kappa shape index (κ2) is 6.22. The Hall–Kier alpha value is -2.44. The highest BCUT2D eigenvalue weighted by atomic mass is 32.1. The van der Waals surface area contributed by atoms with Crippen LogP contribution in [0.3, 0.4) is 0 Å². The fourth-order valence-corrected chi connectivity index (χ4v) is 4.18. The lowest BCUT2D eigenvalue weighted by Crippen LogP contribution is -2.17. The van der Waals surface area contributed by atoms with Crippen molar-refractivity contribution in [3.63, 3.8) is 0 Å². The molecule has 0 saturated carbocycles. The maximum absolute atomic E-state index is 12.7. The number of carbonyl (C=O) groups is 1. The van der Waals surface area contributed by atoms with Gasteiger partial charge >= 0.3 is 0 Å². The Kier molecular flexibility index (Phi) is 3.92. The number of fused-ring (bicyclic) bond motifs is 1. The van der Waals surface area contributed by atoms with Crippen molar-refractivity contribution < 1.29 is 4.79 Å². The van der Waals surface area contributed by atoms with Crippen LogP contribution in [0.5, 0.6) is 0 Å². The molecule has 0 aliphatic rings. The molecule has 0 spiro atoms. The van der Waals surface area contributed by atoms with Crippen molar-refractivity contribution in [2.75, 3.05) is 5.32 Å². The number of aromatic nitrogens is 2. The first-order chi connectivity index (χ1) is 11.7. The highest BCUT2D eigenvalue weighted by Gasteiger charge is 2.17. The average molecular weight is 353 g/mol. The Balaban J connectivity index is 1.70. The van der Waals surface area contributed by atoms with Gasteiger partial charge in [0.1, 0.15) is 5.69 Å². The minimum atomic E-state index is -0.122. The lowest BCUT2D eigenvalue weighted by atomic mass is 10.2. The molecule has 24 heavy (non-hydrogen) atoms. The van der Waals surface area contributed by atoms with Gasteiger partial charge in [-0.1, -0.05) is 30.3 Å². The van der Waals surface area contributed by atoms with E-state index in [4.69, 9.17) is 0 Å². The first kappa shape index (κ1) is 15.1. The van der Waals surface area contributed by atoms with Crippen LogP contribution in [0.25, 0.3) is 10.2 Å². The van der Waals surface area contributed by atoms with Gasteiger partial charge in [0.25, 0.3) is 5.91 Å². The Morgan fingerprint density at radius 3 is 2.79 bits per heavy atom. The molecule has 0 saturated heterocycles. The monoisotopic (exact) mass is 353 g/mol. The number of amides is 1. The van der Waals surface area contributed by atoms with Gasteiger partial charge in [-0.05, 0) is 30.0 Å². The van der Waals surface area contributed by atoms with E-state index in [1.54, 1.807) is 11.3 Å². The number of anilines is 1. The van der Waals surface area contributed by atoms with E-state index >= 15 is 0 Å². The fourth-order valence-electron chi connectivity index (χ4n) is 2.67. The molecule has 4 nitrogen and oxygen atoms in total. The topological polar surface area (TPSA) is 46.9 Å². The fraction of sp³-hybridized carbons (Fsp3) is 0.111. The zero-order chi connectivity index (χ0) is 16.5. The van der Waals surface area contributed by atoms with E-state index in [0.717, 1.165) is 15.9 Å². The summed E-state index contributed by atoms with van der Waals surface area (Å²) in [5.41, 5.74) is 3.83. The number of benzene rings is 1. The van der Waals surface area contributed by atoms with Gasteiger partial charge in [0, 0.05) is 11.9 Å². The number of hydrogen-bond donors (Lipinski definition) is 1. The molecule has 120 valence electrons. The molecule has 1 N–H and O–H groups in total. The van der Waals surface area contributed by atoms with Crippen LogP contribution in [0, 0.1) is 6.92 Å². The van der Waals surface area contributed by atoms with Crippen molar-refractivity contribution in [2.24, 2.45) is 0 Å². The highest BCUT2D eigenvalue weighted by Crippen LogP contribution is 2.27. The van der Waals surface area contributed by atoms with Gasteiger partial charge < -0.3 is 4.57 Å². The number of nitrogens with one attached hydrogen (secondary N) is 1. The molecule has 6 heteroatoms. The summed E-state index contributed by atoms with van der Waals surface area (Å²) >= 11 is 3.09. The van der Waals surface area contributed by atoms with Gasteiger partial charge in [-0.2, -0.15) is 0 Å². The van der Waals surface area contributed by atoms with Crippen LogP contribution in [-0.4, -0.2) is 15.5 Å². The molecular formula is C18H15N3OS2. The van der Waals surface area contributed by atoms with Crippen molar-refractivity contribution in [3.8, 4) is 0 Å². The van der Waals surface area contributed by atoms with Gasteiger partial charge in [0.05, 0.1) is 15.9 Å². The van der Waals surface area contributed by atoms with E-state index < -0.39 is 0 Å². The van der Waals surface area contributed by atoms with Crippen molar-refractivity contribution in [3.05, 3.63) is 70.2 Å². The van der Waals surface area contributed by atoms with Gasteiger partial charge in [-0.15, -0.1) is 22.7 Å². The van der Waals surface area contributed by atoms with E-state index in [0.29, 0.717) is 17.4 Å². The summed E-state index contributed by atoms with van der Waals surface area (Å²) in [6.07, 6.45) is 0. The molecule has 0 radical (unpaired) electrons. The number of thiophene rings is 1. The summed E-state index contributed by atoms with van der Waals surface area (Å²) in [6.45, 7) is 2.58. The number of rotatable bonds is 4. The summed E-state index contributed by atoms with van der Waals surface area (Å²) in [6, 6.07) is 14.2. The van der Waals surface area contributed by atoms with E-state index in [1.165, 1.54) is 16.9 Å². The predicted octanol–water partition coefficient (Wildman–Crippen LogP) is 4.77. The summed E-state index contributed by atoms with van der Waals surface area (Å²) in [5, 5.41) is 7.52. The molecule has 4 aromatic rings. The molecule has 0 fully saturated rings. The maximum Gasteiger partial charge on any atom is 0.274 e. The predicted molar refractivity (Wildman–Crippen MR) is 100 cm³/mol. The van der Waals surface area contributed by atoms with E-state index in [-0.39, 0.29) is 5.91 Å². The number of nitrogens with zero attached hydrogens (tertiary/aromatic N) is 2. The molecule has 0 bridgehead atoms. The summed E-state index contributed by atoms with van der Waals surface area (Å²) in [5.74, 6) is -0.122. The van der Waals surface area contributed by atoms with Crippen molar-refractivity contribution in [1.29, 1.82) is 0 Å². The third-order valence-electron chi connectivity index (χ3n) is 3.78. The third-order valence-corrected chi connectivity index (χ3v) is 5.51. The molecule has 0 unspecified atom stereocenters. The number of aryl methyl sites for hydroxylation is 1. The molecule has 4 rings (SSSR count). The Morgan fingerprint density at radius 2 is 2.04 bits per heavy atom. The average Bonchev–Trinajstić information content (AvgIpc) is 3.26. The van der Waals surface area contributed by atoms with Gasteiger partial charge in [-0.3, -0.25) is 10.1 Å². The standard InChI is InChI=1S/C18H15N3OS2/c1-12-11-24-18(19-12)20-17(22)15-9-16-14(7-8-23-16)21(15)10-13-5-3-2-4-6-13/h2-9,11H,10H2,1H3,(H,19,20,22). The summed E-state index contributed by atoms with van der Waals surface area (Å²) in [4.78, 5) is 17.1. The normalized spacial score (nSPS) is 11.0. The first-order valence-electron chi connectivity index (χ1n) is 7.55. The van der Waals surface area contributed by atoms with Crippen molar-refractivity contribution in [2.45, 2.75) is 13.5 Å². The lowest BCUT2D eigenvalue weighted by molar-refractivity contribution is 0.101. The molecule has 0 aliphatic heterocycles. The largest absolute Gasteiger partial charge is 0.331 e. The van der Waals surface area contributed by atoms with Crippen LogP contribution in [0.2, 0.25) is 0 Å². The first-order valence-corrected chi connectivity index (χ1v) is 9.31. The second-order valence-corrected chi connectivity index (χ2v) is 7.33. The molecule has 3 aromatic heterocycles. The van der Waals surface area contributed by atoms with Crippen LogP contribution in [-0.2, 0) is 6.54 Å². The van der Waals surface area contributed by atoms with Crippen LogP contribution in [0.15, 0.2) is 53.2 Å². The summed E-state index contributed by atoms with van der Waals surface area (Å²) in [7, 11) is 0. The zero-order valence-corrected chi connectivity index (χ0v) is 14.7. The van der Waals surface area contributed by atoms with Crippen molar-refractivity contribution in [1.82, 2.24) is 9.55 Å². The molecular weight excluding hydrogens is 338 g/mol. The Morgan fingerprint density at radius 1 is 1.21 bits per heavy atom. The lowest BCUT2D eigenvalue weighted by Gasteiger charge is -2.10. The van der Waals surface area contributed by atoms with Crippen LogP contribution in [0.4, 0.5) is 5.13 Å². The van der Waals surface area contributed by atoms with E-state index in [1.807, 2.05) is 36.6 Å². The molecule has 3 heterocycles. The molecule has 1 aromatic carbocycles. The van der Waals surface area contributed by atoms with Gasteiger partial charge in [0.2, 0.25) is 0 Å². The zero-order valence-electron chi connectivity index (χ0n) is 13.0. The second-order valence-electron chi connectivity index (χ2n) is 5.52. The SMILES string of the molecule is Cc1csc(NC(=O)c2cc3sccc3n2Cc2ccccc2)n1. The van der Waals surface area contributed by atoms with Crippen LogP contribution < -0.4 is 5.32 Å². The van der Waals surface area contributed by atoms with Crippen molar-refractivity contribution >= 4 is 43.9 Å². The molecule has 0 aliphatic carbocycles. The molecule has 1 amide bonds. The third kappa shape index (κ3) is 2.86. The Labute approximate surface area is 147 Å². The highest BCUT2D eigenvalue weighted by molar-refractivity contribution is 7.17.